The summed E-state index contributed by atoms with van der Waals surface area (Å²) < 4.78 is 13.7. The van der Waals surface area contributed by atoms with E-state index in [0.29, 0.717) is 6.04 Å². The molecule has 1 fully saturated rings. The summed E-state index contributed by atoms with van der Waals surface area (Å²) in [5.74, 6) is -0.154. The van der Waals surface area contributed by atoms with Gasteiger partial charge in [-0.25, -0.2) is 4.39 Å². The van der Waals surface area contributed by atoms with Gasteiger partial charge in [-0.2, -0.15) is 0 Å². The van der Waals surface area contributed by atoms with Crippen molar-refractivity contribution in [3.63, 3.8) is 0 Å². The van der Waals surface area contributed by atoms with Gasteiger partial charge in [-0.15, -0.1) is 0 Å². The van der Waals surface area contributed by atoms with E-state index in [-0.39, 0.29) is 11.9 Å². The molecule has 1 saturated heterocycles. The van der Waals surface area contributed by atoms with Crippen molar-refractivity contribution in [2.45, 2.75) is 39.8 Å². The molecule has 0 amide bonds. The molecule has 4 heteroatoms. The third-order valence-corrected chi connectivity index (χ3v) is 4.48. The largest absolute Gasteiger partial charge is 0.368 e. The van der Waals surface area contributed by atoms with Crippen LogP contribution in [0.1, 0.15) is 39.3 Å². The fourth-order valence-corrected chi connectivity index (χ4v) is 3.26. The van der Waals surface area contributed by atoms with Crippen molar-refractivity contribution in [3.05, 3.63) is 29.6 Å². The highest BCUT2D eigenvalue weighted by molar-refractivity contribution is 5.55. The second-order valence-electron chi connectivity index (χ2n) is 5.91. The van der Waals surface area contributed by atoms with Crippen molar-refractivity contribution in [2.24, 2.45) is 0 Å². The quantitative estimate of drug-likeness (QED) is 0.900. The minimum atomic E-state index is -0.154. The van der Waals surface area contributed by atoms with E-state index >= 15 is 0 Å². The summed E-state index contributed by atoms with van der Waals surface area (Å²) in [6.45, 7) is 13.7. The van der Waals surface area contributed by atoms with Crippen molar-refractivity contribution in [2.75, 3.05) is 37.6 Å². The molecule has 1 heterocycles. The second kappa shape index (κ2) is 7.23. The van der Waals surface area contributed by atoms with E-state index < -0.39 is 0 Å². The Bertz CT molecular complexity index is 463. The molecular formula is C17H28FN3. The van der Waals surface area contributed by atoms with Gasteiger partial charge >= 0.3 is 0 Å². The number of nitrogens with zero attached hydrogens (tertiary/aromatic N) is 2. The number of hydrogen-bond acceptors (Lipinski definition) is 3. The van der Waals surface area contributed by atoms with Crippen LogP contribution in [0.5, 0.6) is 0 Å². The molecule has 0 spiro atoms. The van der Waals surface area contributed by atoms with Crippen LogP contribution in [-0.2, 0) is 0 Å². The van der Waals surface area contributed by atoms with Gasteiger partial charge < -0.3 is 10.2 Å². The first kappa shape index (κ1) is 16.2. The van der Waals surface area contributed by atoms with E-state index in [1.54, 1.807) is 12.1 Å². The van der Waals surface area contributed by atoms with E-state index in [9.17, 15) is 4.39 Å². The Morgan fingerprint density at radius 2 is 2.10 bits per heavy atom. The standard InChI is InChI=1S/C17H28FN3/c1-5-19-14(4)16-11-15(18)7-8-17(16)21-10-9-20(6-2)13(3)12-21/h7-8,11,13-14,19H,5-6,9-10,12H2,1-4H3. The normalized spacial score (nSPS) is 21.6. The fraction of sp³-hybridized carbons (Fsp3) is 0.647. The number of hydrogen-bond donors (Lipinski definition) is 1. The number of nitrogens with one attached hydrogen (secondary N) is 1. The summed E-state index contributed by atoms with van der Waals surface area (Å²) in [4.78, 5) is 4.90. The third-order valence-electron chi connectivity index (χ3n) is 4.48. The lowest BCUT2D eigenvalue weighted by Crippen LogP contribution is -2.52. The molecule has 1 aliphatic heterocycles. The Balaban J connectivity index is 2.23. The van der Waals surface area contributed by atoms with E-state index in [4.69, 9.17) is 0 Å². The smallest absolute Gasteiger partial charge is 0.123 e. The number of halogens is 1. The maximum atomic E-state index is 13.7. The van der Waals surface area contributed by atoms with E-state index in [2.05, 4.69) is 42.8 Å². The molecule has 2 unspecified atom stereocenters. The zero-order valence-electron chi connectivity index (χ0n) is 13.7. The molecule has 0 saturated carbocycles. The average Bonchev–Trinajstić information content (AvgIpc) is 2.47. The summed E-state index contributed by atoms with van der Waals surface area (Å²) in [6, 6.07) is 5.90. The molecule has 0 aromatic heterocycles. The zero-order chi connectivity index (χ0) is 15.4. The molecule has 1 aromatic carbocycles. The summed E-state index contributed by atoms with van der Waals surface area (Å²) in [5, 5.41) is 3.40. The highest BCUT2D eigenvalue weighted by Gasteiger charge is 2.25. The van der Waals surface area contributed by atoms with Crippen LogP contribution >= 0.6 is 0 Å². The summed E-state index contributed by atoms with van der Waals surface area (Å²) in [6.07, 6.45) is 0. The molecule has 3 nitrogen and oxygen atoms in total. The van der Waals surface area contributed by atoms with Crippen molar-refractivity contribution < 1.29 is 4.39 Å². The van der Waals surface area contributed by atoms with Gasteiger partial charge in [0.05, 0.1) is 0 Å². The molecule has 21 heavy (non-hydrogen) atoms. The first-order chi connectivity index (χ1) is 10.1. The Morgan fingerprint density at radius 1 is 1.33 bits per heavy atom. The van der Waals surface area contributed by atoms with Crippen molar-refractivity contribution in [3.8, 4) is 0 Å². The molecule has 1 N–H and O–H groups in total. The molecule has 2 atom stereocenters. The van der Waals surface area contributed by atoms with Crippen LogP contribution in [0.25, 0.3) is 0 Å². The minimum Gasteiger partial charge on any atom is -0.368 e. The van der Waals surface area contributed by atoms with E-state index in [1.807, 2.05) is 6.07 Å². The van der Waals surface area contributed by atoms with E-state index in [1.165, 1.54) is 5.69 Å². The van der Waals surface area contributed by atoms with E-state index in [0.717, 1.165) is 38.3 Å². The topological polar surface area (TPSA) is 18.5 Å². The van der Waals surface area contributed by atoms with Gasteiger partial charge in [0, 0.05) is 37.4 Å². The van der Waals surface area contributed by atoms with Crippen LogP contribution in [0, 0.1) is 5.82 Å². The highest BCUT2D eigenvalue weighted by atomic mass is 19.1. The van der Waals surface area contributed by atoms with Crippen molar-refractivity contribution in [1.82, 2.24) is 10.2 Å². The average molecular weight is 293 g/mol. The van der Waals surface area contributed by atoms with Crippen LogP contribution in [0.2, 0.25) is 0 Å². The zero-order valence-corrected chi connectivity index (χ0v) is 13.7. The highest BCUT2D eigenvalue weighted by Crippen LogP contribution is 2.29. The number of rotatable bonds is 5. The van der Waals surface area contributed by atoms with Gasteiger partial charge in [0.1, 0.15) is 5.82 Å². The summed E-state index contributed by atoms with van der Waals surface area (Å²) in [5.41, 5.74) is 2.24. The number of benzene rings is 1. The van der Waals surface area contributed by atoms with Crippen LogP contribution < -0.4 is 10.2 Å². The van der Waals surface area contributed by atoms with Crippen molar-refractivity contribution in [1.29, 1.82) is 0 Å². The first-order valence-electron chi connectivity index (χ1n) is 8.08. The van der Waals surface area contributed by atoms with Crippen LogP contribution in [0.3, 0.4) is 0 Å². The second-order valence-corrected chi connectivity index (χ2v) is 5.91. The monoisotopic (exact) mass is 293 g/mol. The van der Waals surface area contributed by atoms with Crippen molar-refractivity contribution >= 4 is 5.69 Å². The van der Waals surface area contributed by atoms with Crippen LogP contribution in [-0.4, -0.2) is 43.7 Å². The molecule has 1 aromatic rings. The van der Waals surface area contributed by atoms with Crippen LogP contribution in [0.15, 0.2) is 18.2 Å². The first-order valence-corrected chi connectivity index (χ1v) is 8.08. The Labute approximate surface area is 128 Å². The summed E-state index contributed by atoms with van der Waals surface area (Å²) in [7, 11) is 0. The van der Waals surface area contributed by atoms with Gasteiger partial charge in [0.2, 0.25) is 0 Å². The lowest BCUT2D eigenvalue weighted by Gasteiger charge is -2.41. The molecule has 2 rings (SSSR count). The Kier molecular flexibility index (Phi) is 5.59. The Hall–Kier alpha value is -1.13. The maximum absolute atomic E-state index is 13.7. The van der Waals surface area contributed by atoms with Gasteiger partial charge in [0.15, 0.2) is 0 Å². The molecular weight excluding hydrogens is 265 g/mol. The number of anilines is 1. The summed E-state index contributed by atoms with van der Waals surface area (Å²) >= 11 is 0. The lowest BCUT2D eigenvalue weighted by atomic mass is 10.0. The van der Waals surface area contributed by atoms with Gasteiger partial charge in [-0.05, 0) is 50.7 Å². The molecule has 0 aliphatic carbocycles. The predicted molar refractivity (Wildman–Crippen MR) is 87.4 cm³/mol. The van der Waals surface area contributed by atoms with Gasteiger partial charge in [-0.3, -0.25) is 4.90 Å². The van der Waals surface area contributed by atoms with Gasteiger partial charge in [0.25, 0.3) is 0 Å². The predicted octanol–water partition coefficient (Wildman–Crippen LogP) is 3.03. The number of piperazine rings is 1. The fourth-order valence-electron chi connectivity index (χ4n) is 3.26. The molecule has 1 aliphatic rings. The Morgan fingerprint density at radius 3 is 2.71 bits per heavy atom. The SMILES string of the molecule is CCNC(C)c1cc(F)ccc1N1CCN(CC)C(C)C1. The number of likely N-dealkylation sites (N-methyl/N-ethyl adjacent to an activating group) is 1. The third kappa shape index (κ3) is 3.74. The molecule has 0 bridgehead atoms. The van der Waals surface area contributed by atoms with Crippen LogP contribution in [0.4, 0.5) is 10.1 Å². The molecule has 118 valence electrons. The minimum absolute atomic E-state index is 0.154. The van der Waals surface area contributed by atoms with Gasteiger partial charge in [-0.1, -0.05) is 13.8 Å². The lowest BCUT2D eigenvalue weighted by molar-refractivity contribution is 0.199. The molecule has 0 radical (unpaired) electrons. The maximum Gasteiger partial charge on any atom is 0.123 e.